The highest BCUT2D eigenvalue weighted by Crippen LogP contribution is 2.42. The first-order valence-electron chi connectivity index (χ1n) is 5.45. The number of rotatable bonds is 1. The molecule has 1 heterocycles. The first-order valence-corrected chi connectivity index (χ1v) is 6.94. The largest absolute Gasteiger partial charge is 0.506 e. The van der Waals surface area contributed by atoms with Crippen LogP contribution in [-0.4, -0.2) is 13.5 Å². The van der Waals surface area contributed by atoms with Crippen LogP contribution in [0.2, 0.25) is 0 Å². The van der Waals surface area contributed by atoms with Crippen LogP contribution in [-0.2, 0) is 9.84 Å². The Morgan fingerprint density at radius 2 is 1.44 bits per heavy atom. The molecule has 0 aliphatic carbocycles. The zero-order chi connectivity index (χ0) is 12.8. The van der Waals surface area contributed by atoms with Crippen LogP contribution in [0.4, 0.5) is 0 Å². The maximum atomic E-state index is 12.4. The van der Waals surface area contributed by atoms with E-state index in [1.165, 1.54) is 6.07 Å². The van der Waals surface area contributed by atoms with Crippen molar-refractivity contribution in [3.63, 3.8) is 0 Å². The van der Waals surface area contributed by atoms with Crippen molar-refractivity contribution in [2.75, 3.05) is 0 Å². The van der Waals surface area contributed by atoms with Gasteiger partial charge in [0.1, 0.15) is 10.7 Å². The Labute approximate surface area is 105 Å². The van der Waals surface area contributed by atoms with Gasteiger partial charge in [-0.05, 0) is 17.7 Å². The molecule has 0 unspecified atom stereocenters. The molecule has 0 saturated heterocycles. The summed E-state index contributed by atoms with van der Waals surface area (Å²) >= 11 is 0. The molecule has 1 N–H and O–H groups in total. The van der Waals surface area contributed by atoms with Crippen LogP contribution in [0.5, 0.6) is 0 Å². The van der Waals surface area contributed by atoms with Gasteiger partial charge in [-0.15, -0.1) is 0 Å². The Morgan fingerprint density at radius 3 is 2.11 bits per heavy atom. The molecular formula is C14H10O3S. The van der Waals surface area contributed by atoms with E-state index < -0.39 is 9.84 Å². The zero-order valence-corrected chi connectivity index (χ0v) is 10.2. The molecule has 0 bridgehead atoms. The first kappa shape index (κ1) is 11.0. The van der Waals surface area contributed by atoms with Crippen molar-refractivity contribution in [2.45, 2.75) is 4.90 Å². The van der Waals surface area contributed by atoms with Crippen LogP contribution in [0.3, 0.4) is 0 Å². The molecular weight excluding hydrogens is 248 g/mol. The second kappa shape index (κ2) is 3.71. The molecule has 0 saturated carbocycles. The highest BCUT2D eigenvalue weighted by molar-refractivity contribution is 8.01. The molecule has 2 aromatic rings. The Hall–Kier alpha value is -2.07. The van der Waals surface area contributed by atoms with E-state index in [1.54, 1.807) is 48.5 Å². The van der Waals surface area contributed by atoms with Gasteiger partial charge in [0, 0.05) is 5.56 Å². The summed E-state index contributed by atoms with van der Waals surface area (Å²) in [6, 6.07) is 15.1. The normalized spacial score (nSPS) is 16.7. The van der Waals surface area contributed by atoms with Gasteiger partial charge in [-0.2, -0.15) is 0 Å². The van der Waals surface area contributed by atoms with Crippen molar-refractivity contribution in [1.82, 2.24) is 0 Å². The van der Waals surface area contributed by atoms with Crippen LogP contribution in [0, 0.1) is 0 Å². The van der Waals surface area contributed by atoms with Gasteiger partial charge in [0.05, 0.1) is 4.90 Å². The molecule has 0 fully saturated rings. The summed E-state index contributed by atoms with van der Waals surface area (Å²) in [5.74, 6) is -0.170. The molecule has 0 amide bonds. The van der Waals surface area contributed by atoms with E-state index >= 15 is 0 Å². The Morgan fingerprint density at radius 1 is 0.833 bits per heavy atom. The quantitative estimate of drug-likeness (QED) is 0.855. The molecule has 18 heavy (non-hydrogen) atoms. The molecule has 4 heteroatoms. The first-order chi connectivity index (χ1) is 8.62. The van der Waals surface area contributed by atoms with E-state index in [2.05, 4.69) is 0 Å². The number of hydrogen-bond donors (Lipinski definition) is 1. The fraction of sp³-hybridized carbons (Fsp3) is 0. The van der Waals surface area contributed by atoms with E-state index in [0.717, 1.165) is 0 Å². The van der Waals surface area contributed by atoms with Gasteiger partial charge in [-0.1, -0.05) is 42.5 Å². The van der Waals surface area contributed by atoms with Gasteiger partial charge < -0.3 is 5.11 Å². The monoisotopic (exact) mass is 258 g/mol. The Balaban J connectivity index is 2.34. The molecule has 2 aromatic carbocycles. The van der Waals surface area contributed by atoms with E-state index in [0.29, 0.717) is 11.1 Å². The third-order valence-corrected chi connectivity index (χ3v) is 4.85. The average molecular weight is 258 g/mol. The van der Waals surface area contributed by atoms with Crippen molar-refractivity contribution in [2.24, 2.45) is 0 Å². The third-order valence-electron chi connectivity index (χ3n) is 2.95. The van der Waals surface area contributed by atoms with Gasteiger partial charge >= 0.3 is 0 Å². The maximum absolute atomic E-state index is 12.4. The van der Waals surface area contributed by atoms with Crippen LogP contribution in [0.15, 0.2) is 59.5 Å². The SMILES string of the molecule is O=S1(=O)C(c2ccccc2)=C(O)c2ccccc21. The molecule has 3 nitrogen and oxygen atoms in total. The van der Waals surface area contributed by atoms with Gasteiger partial charge in [0.25, 0.3) is 0 Å². The summed E-state index contributed by atoms with van der Waals surface area (Å²) in [6.45, 7) is 0. The van der Waals surface area contributed by atoms with Crippen molar-refractivity contribution < 1.29 is 13.5 Å². The number of aliphatic hydroxyl groups is 1. The molecule has 0 spiro atoms. The highest BCUT2D eigenvalue weighted by Gasteiger charge is 2.36. The minimum Gasteiger partial charge on any atom is -0.506 e. The van der Waals surface area contributed by atoms with Crippen LogP contribution < -0.4 is 0 Å². The molecule has 0 radical (unpaired) electrons. The fourth-order valence-corrected chi connectivity index (χ4v) is 3.88. The van der Waals surface area contributed by atoms with E-state index in [-0.39, 0.29) is 15.6 Å². The van der Waals surface area contributed by atoms with E-state index in [4.69, 9.17) is 0 Å². The summed E-state index contributed by atoms with van der Waals surface area (Å²) in [5, 5.41) is 10.1. The lowest BCUT2D eigenvalue weighted by molar-refractivity contribution is 0.514. The van der Waals surface area contributed by atoms with E-state index in [9.17, 15) is 13.5 Å². The highest BCUT2D eigenvalue weighted by atomic mass is 32.2. The lowest BCUT2D eigenvalue weighted by atomic mass is 10.1. The topological polar surface area (TPSA) is 54.4 Å². The van der Waals surface area contributed by atoms with Gasteiger partial charge in [0.15, 0.2) is 0 Å². The van der Waals surface area contributed by atoms with E-state index in [1.807, 2.05) is 0 Å². The average Bonchev–Trinajstić information content (AvgIpc) is 2.59. The Bertz CT molecular complexity index is 744. The maximum Gasteiger partial charge on any atom is 0.211 e. The van der Waals surface area contributed by atoms with Gasteiger partial charge in [0.2, 0.25) is 9.84 Å². The standard InChI is InChI=1S/C14H10O3S/c15-13-11-8-4-5-9-12(11)18(16,17)14(13)10-6-2-1-3-7-10/h1-9,15H. The van der Waals surface area contributed by atoms with Gasteiger partial charge in [-0.3, -0.25) is 0 Å². The van der Waals surface area contributed by atoms with Crippen LogP contribution >= 0.6 is 0 Å². The Kier molecular flexibility index (Phi) is 2.28. The molecule has 1 aliphatic heterocycles. The third kappa shape index (κ3) is 1.39. The summed E-state index contributed by atoms with van der Waals surface area (Å²) in [7, 11) is -3.62. The predicted octanol–water partition coefficient (Wildman–Crippen LogP) is 2.86. The van der Waals surface area contributed by atoms with Crippen LogP contribution in [0.25, 0.3) is 10.7 Å². The fourth-order valence-electron chi connectivity index (χ4n) is 2.14. The number of fused-ring (bicyclic) bond motifs is 1. The summed E-state index contributed by atoms with van der Waals surface area (Å²) in [6.07, 6.45) is 0. The number of aliphatic hydroxyl groups excluding tert-OH is 1. The smallest absolute Gasteiger partial charge is 0.211 e. The number of sulfone groups is 1. The molecule has 3 rings (SSSR count). The minimum atomic E-state index is -3.62. The van der Waals surface area contributed by atoms with Gasteiger partial charge in [-0.25, -0.2) is 8.42 Å². The van der Waals surface area contributed by atoms with Crippen molar-refractivity contribution >= 4 is 20.5 Å². The van der Waals surface area contributed by atoms with Crippen molar-refractivity contribution in [1.29, 1.82) is 0 Å². The lowest BCUT2D eigenvalue weighted by Gasteiger charge is -2.03. The summed E-state index contributed by atoms with van der Waals surface area (Å²) in [5.41, 5.74) is 0.877. The number of hydrogen-bond acceptors (Lipinski definition) is 3. The minimum absolute atomic E-state index is 0.00991. The number of benzene rings is 2. The lowest BCUT2D eigenvalue weighted by Crippen LogP contribution is -1.99. The van der Waals surface area contributed by atoms with Crippen LogP contribution in [0.1, 0.15) is 11.1 Å². The second-order valence-electron chi connectivity index (χ2n) is 4.04. The predicted molar refractivity (Wildman–Crippen MR) is 69.5 cm³/mol. The summed E-state index contributed by atoms with van der Waals surface area (Å²) in [4.78, 5) is 0.158. The summed E-state index contributed by atoms with van der Waals surface area (Å²) < 4.78 is 24.8. The molecule has 0 atom stereocenters. The van der Waals surface area contributed by atoms with Crippen molar-refractivity contribution in [3.8, 4) is 0 Å². The molecule has 1 aliphatic rings. The zero-order valence-electron chi connectivity index (χ0n) is 9.37. The molecule has 0 aromatic heterocycles. The van der Waals surface area contributed by atoms with Crippen molar-refractivity contribution in [3.05, 3.63) is 65.7 Å². The molecule has 90 valence electrons. The second-order valence-corrected chi connectivity index (χ2v) is 5.90.